The van der Waals surface area contributed by atoms with Gasteiger partial charge in [0.2, 0.25) is 0 Å². The lowest BCUT2D eigenvalue weighted by atomic mass is 9.85. The molecule has 0 atom stereocenters. The van der Waals surface area contributed by atoms with Crippen LogP contribution < -0.4 is 10.6 Å². The van der Waals surface area contributed by atoms with Crippen LogP contribution in [0.3, 0.4) is 0 Å². The zero-order valence-corrected chi connectivity index (χ0v) is 15.7. The average Bonchev–Trinajstić information content (AvgIpc) is 3.26. The largest absolute Gasteiger partial charge is 0.480 e. The number of hydrogen-bond donors (Lipinski definition) is 3. The number of fused-ring (bicyclic) bond motifs is 1. The molecule has 2 saturated carbocycles. The van der Waals surface area contributed by atoms with Gasteiger partial charge in [0.05, 0.1) is 12.2 Å². The van der Waals surface area contributed by atoms with Crippen molar-refractivity contribution >= 4 is 28.5 Å². The number of aliphatic carboxylic acids is 1. The minimum Gasteiger partial charge on any atom is -0.480 e. The molecule has 4 rings (SSSR count). The molecular weight excluding hydrogens is 352 g/mol. The molecule has 0 unspecified atom stereocenters. The van der Waals surface area contributed by atoms with Crippen LogP contribution in [0.5, 0.6) is 0 Å². The van der Waals surface area contributed by atoms with Gasteiger partial charge in [0, 0.05) is 23.5 Å². The van der Waals surface area contributed by atoms with E-state index in [2.05, 4.69) is 20.5 Å². The van der Waals surface area contributed by atoms with E-state index in [9.17, 15) is 9.59 Å². The number of carbonyl (C=O) groups is 2. The zero-order valence-electron chi connectivity index (χ0n) is 14.9. The van der Waals surface area contributed by atoms with Gasteiger partial charge in [-0.25, -0.2) is 9.78 Å². The highest BCUT2D eigenvalue weighted by atomic mass is 32.1. The average molecular weight is 378 g/mol. The van der Waals surface area contributed by atoms with Crippen molar-refractivity contribution in [2.75, 3.05) is 18.4 Å². The van der Waals surface area contributed by atoms with Crippen LogP contribution in [-0.2, 0) is 17.6 Å². The van der Waals surface area contributed by atoms with E-state index >= 15 is 0 Å². The number of aryl methyl sites for hydroxylation is 2. The van der Waals surface area contributed by atoms with E-state index in [1.54, 1.807) is 11.3 Å². The SMILES string of the molecule is O=C(O)CN(CC1CC1)C1CC(NC(=O)Nc2nc3c(s2)CCCC3)C1. The Balaban J connectivity index is 1.23. The Labute approximate surface area is 157 Å². The van der Waals surface area contributed by atoms with Crippen molar-refractivity contribution in [2.24, 2.45) is 5.92 Å². The third-order valence-corrected chi connectivity index (χ3v) is 6.63. The third kappa shape index (κ3) is 4.35. The molecule has 0 saturated heterocycles. The van der Waals surface area contributed by atoms with E-state index in [4.69, 9.17) is 5.11 Å². The number of rotatable bonds is 7. The molecule has 1 heterocycles. The summed E-state index contributed by atoms with van der Waals surface area (Å²) in [4.78, 5) is 31.2. The minimum atomic E-state index is -0.771. The first-order valence-corrected chi connectivity index (χ1v) is 10.4. The van der Waals surface area contributed by atoms with Crippen molar-refractivity contribution in [2.45, 2.75) is 63.5 Å². The van der Waals surface area contributed by atoms with Crippen LogP contribution >= 0.6 is 11.3 Å². The number of hydrogen-bond acceptors (Lipinski definition) is 5. The maximum atomic E-state index is 12.2. The minimum absolute atomic E-state index is 0.102. The Morgan fingerprint density at radius 1 is 1.23 bits per heavy atom. The topological polar surface area (TPSA) is 94.6 Å². The maximum absolute atomic E-state index is 12.2. The van der Waals surface area contributed by atoms with E-state index in [1.807, 2.05) is 0 Å². The fraction of sp³-hybridized carbons (Fsp3) is 0.722. The molecule has 3 aliphatic rings. The molecule has 2 amide bonds. The molecule has 7 nitrogen and oxygen atoms in total. The number of urea groups is 1. The second kappa shape index (κ2) is 7.52. The number of nitrogens with zero attached hydrogens (tertiary/aromatic N) is 2. The summed E-state index contributed by atoms with van der Waals surface area (Å²) in [5, 5.41) is 15.7. The van der Waals surface area contributed by atoms with Crippen molar-refractivity contribution in [1.29, 1.82) is 0 Å². The molecule has 142 valence electrons. The number of carbonyl (C=O) groups excluding carboxylic acids is 1. The number of amides is 2. The maximum Gasteiger partial charge on any atom is 0.321 e. The summed E-state index contributed by atoms with van der Waals surface area (Å²) >= 11 is 1.59. The summed E-state index contributed by atoms with van der Waals surface area (Å²) in [6, 6.07) is 0.181. The Kier molecular flexibility index (Phi) is 5.13. The van der Waals surface area contributed by atoms with Gasteiger partial charge in [-0.1, -0.05) is 0 Å². The predicted octanol–water partition coefficient (Wildman–Crippen LogP) is 2.47. The van der Waals surface area contributed by atoms with Gasteiger partial charge < -0.3 is 10.4 Å². The number of carboxylic acids is 1. The molecule has 0 bridgehead atoms. The van der Waals surface area contributed by atoms with Crippen molar-refractivity contribution in [3.8, 4) is 0 Å². The first-order chi connectivity index (χ1) is 12.6. The predicted molar refractivity (Wildman–Crippen MR) is 99.7 cm³/mol. The molecule has 3 aliphatic carbocycles. The van der Waals surface area contributed by atoms with E-state index < -0.39 is 5.97 Å². The Hall–Kier alpha value is -1.67. The van der Waals surface area contributed by atoms with Gasteiger partial charge in [-0.15, -0.1) is 11.3 Å². The third-order valence-electron chi connectivity index (χ3n) is 5.56. The number of carboxylic acid groups (broad SMARTS) is 1. The van der Waals surface area contributed by atoms with Crippen molar-refractivity contribution in [3.05, 3.63) is 10.6 Å². The molecule has 0 aliphatic heterocycles. The fourth-order valence-corrected chi connectivity index (χ4v) is 4.92. The number of aromatic nitrogens is 1. The second-order valence-electron chi connectivity index (χ2n) is 7.78. The van der Waals surface area contributed by atoms with Gasteiger partial charge >= 0.3 is 12.0 Å². The van der Waals surface area contributed by atoms with Crippen LogP contribution in [-0.4, -0.2) is 52.2 Å². The fourth-order valence-electron chi connectivity index (χ4n) is 3.88. The lowest BCUT2D eigenvalue weighted by Crippen LogP contribution is -2.55. The van der Waals surface area contributed by atoms with Gasteiger partial charge in [-0.2, -0.15) is 0 Å². The highest BCUT2D eigenvalue weighted by molar-refractivity contribution is 7.15. The normalized spacial score (nSPS) is 24.7. The molecule has 1 aromatic rings. The number of anilines is 1. The van der Waals surface area contributed by atoms with Gasteiger partial charge in [0.15, 0.2) is 5.13 Å². The lowest BCUT2D eigenvalue weighted by Gasteiger charge is -2.42. The number of nitrogens with one attached hydrogen (secondary N) is 2. The van der Waals surface area contributed by atoms with E-state index in [1.165, 1.54) is 30.6 Å². The van der Waals surface area contributed by atoms with Crippen molar-refractivity contribution < 1.29 is 14.7 Å². The lowest BCUT2D eigenvalue weighted by molar-refractivity contribution is -0.139. The summed E-state index contributed by atoms with van der Waals surface area (Å²) in [7, 11) is 0. The molecule has 0 spiro atoms. The molecule has 2 fully saturated rings. The zero-order chi connectivity index (χ0) is 18.1. The van der Waals surface area contributed by atoms with Gasteiger partial charge in [0.1, 0.15) is 0 Å². The summed E-state index contributed by atoms with van der Waals surface area (Å²) in [6.45, 7) is 0.977. The van der Waals surface area contributed by atoms with Crippen LogP contribution in [0.25, 0.3) is 0 Å². The van der Waals surface area contributed by atoms with E-state index in [0.717, 1.165) is 37.9 Å². The monoisotopic (exact) mass is 378 g/mol. The highest BCUT2D eigenvalue weighted by Crippen LogP contribution is 2.34. The second-order valence-corrected chi connectivity index (χ2v) is 8.87. The Morgan fingerprint density at radius 3 is 2.69 bits per heavy atom. The molecular formula is C18H26N4O3S. The molecule has 3 N–H and O–H groups in total. The highest BCUT2D eigenvalue weighted by Gasteiger charge is 2.37. The van der Waals surface area contributed by atoms with Crippen LogP contribution in [0.1, 0.15) is 49.1 Å². The Morgan fingerprint density at radius 2 is 2.00 bits per heavy atom. The molecule has 8 heteroatoms. The van der Waals surface area contributed by atoms with Gasteiger partial charge in [-0.05, 0) is 57.3 Å². The quantitative estimate of drug-likeness (QED) is 0.678. The first kappa shape index (κ1) is 17.7. The van der Waals surface area contributed by atoms with E-state index in [-0.39, 0.29) is 24.7 Å². The molecule has 0 aromatic carbocycles. The smallest absolute Gasteiger partial charge is 0.321 e. The van der Waals surface area contributed by atoms with Gasteiger partial charge in [-0.3, -0.25) is 15.0 Å². The van der Waals surface area contributed by atoms with Crippen LogP contribution in [0.4, 0.5) is 9.93 Å². The first-order valence-electron chi connectivity index (χ1n) is 9.59. The van der Waals surface area contributed by atoms with Crippen LogP contribution in [0.15, 0.2) is 0 Å². The molecule has 1 aromatic heterocycles. The molecule has 0 radical (unpaired) electrons. The van der Waals surface area contributed by atoms with Crippen molar-refractivity contribution in [3.63, 3.8) is 0 Å². The summed E-state index contributed by atoms with van der Waals surface area (Å²) in [5.74, 6) is -0.104. The molecule has 26 heavy (non-hydrogen) atoms. The van der Waals surface area contributed by atoms with E-state index in [0.29, 0.717) is 11.0 Å². The van der Waals surface area contributed by atoms with Crippen molar-refractivity contribution in [1.82, 2.24) is 15.2 Å². The Bertz CT molecular complexity index is 658. The van der Waals surface area contributed by atoms with Crippen LogP contribution in [0, 0.1) is 5.92 Å². The number of thiazole rings is 1. The van der Waals surface area contributed by atoms with Gasteiger partial charge in [0.25, 0.3) is 0 Å². The summed E-state index contributed by atoms with van der Waals surface area (Å²) < 4.78 is 0. The summed E-state index contributed by atoms with van der Waals surface area (Å²) in [5.41, 5.74) is 1.14. The van der Waals surface area contributed by atoms with Crippen LogP contribution in [0.2, 0.25) is 0 Å². The standard InChI is InChI=1S/C18H26N4O3S/c23-16(24)10-22(9-11-5-6-11)13-7-12(8-13)19-17(25)21-18-20-14-3-1-2-4-15(14)26-18/h11-13H,1-10H2,(H,23,24)(H2,19,20,21,25). The summed E-state index contributed by atoms with van der Waals surface area (Å²) in [6.07, 6.45) is 8.54.